The fraction of sp³-hybridized carbons (Fsp3) is 0.167. The maximum atomic E-state index is 5.71. The van der Waals surface area contributed by atoms with Crippen molar-refractivity contribution < 1.29 is 18.6 Å². The van der Waals surface area contributed by atoms with Crippen molar-refractivity contribution in [3.05, 3.63) is 36.4 Å². The molecular weight excluding hydrogens is 368 g/mol. The lowest BCUT2D eigenvalue weighted by molar-refractivity contribution is 0.394. The van der Waals surface area contributed by atoms with Crippen LogP contribution in [0.3, 0.4) is 0 Å². The van der Waals surface area contributed by atoms with E-state index in [1.54, 1.807) is 39.5 Å². The molecule has 138 valence electrons. The van der Waals surface area contributed by atoms with Crippen LogP contribution in [0.1, 0.15) is 0 Å². The largest absolute Gasteiger partial charge is 0.497 e. The topological polar surface area (TPSA) is 91.5 Å². The van der Waals surface area contributed by atoms with Crippen molar-refractivity contribution in [3.63, 3.8) is 0 Å². The summed E-state index contributed by atoms with van der Waals surface area (Å²) in [4.78, 5) is 4.51. The number of fused-ring (bicyclic) bond motifs is 1. The van der Waals surface area contributed by atoms with Gasteiger partial charge in [-0.1, -0.05) is 16.4 Å². The van der Waals surface area contributed by atoms with E-state index in [4.69, 9.17) is 18.6 Å². The third-order valence-electron chi connectivity index (χ3n) is 3.83. The third kappa shape index (κ3) is 3.49. The van der Waals surface area contributed by atoms with Crippen molar-refractivity contribution in [1.29, 1.82) is 0 Å². The first-order chi connectivity index (χ1) is 13.2. The quantitative estimate of drug-likeness (QED) is 0.531. The van der Waals surface area contributed by atoms with Crippen LogP contribution in [-0.2, 0) is 0 Å². The van der Waals surface area contributed by atoms with Gasteiger partial charge in [0.1, 0.15) is 17.2 Å². The van der Waals surface area contributed by atoms with Crippen molar-refractivity contribution in [3.8, 4) is 28.7 Å². The van der Waals surface area contributed by atoms with Crippen LogP contribution in [0.5, 0.6) is 17.2 Å². The van der Waals surface area contributed by atoms with Crippen molar-refractivity contribution in [2.45, 2.75) is 0 Å². The van der Waals surface area contributed by atoms with Gasteiger partial charge in [0.05, 0.1) is 31.5 Å². The van der Waals surface area contributed by atoms with Crippen molar-refractivity contribution in [1.82, 2.24) is 15.2 Å². The number of aromatic nitrogens is 3. The molecule has 8 nitrogen and oxygen atoms in total. The van der Waals surface area contributed by atoms with E-state index in [1.165, 1.54) is 11.3 Å². The highest BCUT2D eigenvalue weighted by Gasteiger charge is 2.13. The van der Waals surface area contributed by atoms with Gasteiger partial charge in [-0.25, -0.2) is 4.98 Å². The zero-order valence-electron chi connectivity index (χ0n) is 14.8. The van der Waals surface area contributed by atoms with Gasteiger partial charge in [0, 0.05) is 17.7 Å². The second-order valence-electron chi connectivity index (χ2n) is 5.49. The summed E-state index contributed by atoms with van der Waals surface area (Å²) >= 11 is 1.48. The van der Waals surface area contributed by atoms with Gasteiger partial charge in [-0.3, -0.25) is 5.32 Å². The Bertz CT molecular complexity index is 1070. The molecule has 0 aliphatic rings. The molecule has 0 unspecified atom stereocenters. The molecule has 0 spiro atoms. The average Bonchev–Trinajstić information content (AvgIpc) is 3.33. The van der Waals surface area contributed by atoms with Crippen LogP contribution in [-0.4, -0.2) is 36.5 Å². The molecule has 0 radical (unpaired) electrons. The Hall–Kier alpha value is -3.33. The summed E-state index contributed by atoms with van der Waals surface area (Å²) in [5.41, 5.74) is 1.53. The van der Waals surface area contributed by atoms with E-state index in [2.05, 4.69) is 20.5 Å². The Kier molecular flexibility index (Phi) is 4.51. The lowest BCUT2D eigenvalue weighted by Gasteiger charge is -2.05. The predicted octanol–water partition coefficient (Wildman–Crippen LogP) is 4.12. The number of benzene rings is 2. The van der Waals surface area contributed by atoms with Gasteiger partial charge in [0.15, 0.2) is 5.13 Å². The van der Waals surface area contributed by atoms with E-state index in [0.29, 0.717) is 28.1 Å². The normalized spacial score (nSPS) is 10.8. The number of nitrogens with one attached hydrogen (secondary N) is 1. The summed E-state index contributed by atoms with van der Waals surface area (Å²) < 4.78 is 22.5. The van der Waals surface area contributed by atoms with E-state index >= 15 is 0 Å². The SMILES string of the molecule is COc1cc(OC)cc(-c2nnc(Nc3nc4cc(OC)ccc4s3)o2)c1. The van der Waals surface area contributed by atoms with E-state index in [-0.39, 0.29) is 6.01 Å². The molecule has 0 aliphatic heterocycles. The zero-order valence-corrected chi connectivity index (χ0v) is 15.7. The molecule has 4 rings (SSSR count). The average molecular weight is 384 g/mol. The molecule has 0 saturated heterocycles. The molecular formula is C18H16N4O4S. The fourth-order valence-corrected chi connectivity index (χ4v) is 3.34. The lowest BCUT2D eigenvalue weighted by Crippen LogP contribution is -1.89. The highest BCUT2D eigenvalue weighted by atomic mass is 32.1. The number of anilines is 2. The molecule has 0 bridgehead atoms. The first-order valence-corrected chi connectivity index (χ1v) is 8.78. The molecule has 1 N–H and O–H groups in total. The van der Waals surface area contributed by atoms with Crippen LogP contribution in [0.15, 0.2) is 40.8 Å². The number of rotatable bonds is 6. The molecule has 9 heteroatoms. The summed E-state index contributed by atoms with van der Waals surface area (Å²) in [5.74, 6) is 2.37. The minimum atomic E-state index is 0.248. The molecule has 2 heterocycles. The Labute approximate surface area is 158 Å². The second-order valence-corrected chi connectivity index (χ2v) is 6.52. The van der Waals surface area contributed by atoms with E-state index in [0.717, 1.165) is 16.0 Å². The predicted molar refractivity (Wildman–Crippen MR) is 102 cm³/mol. The molecule has 2 aromatic carbocycles. The van der Waals surface area contributed by atoms with E-state index < -0.39 is 0 Å². The number of ether oxygens (including phenoxy) is 3. The third-order valence-corrected chi connectivity index (χ3v) is 4.78. The van der Waals surface area contributed by atoms with E-state index in [1.807, 2.05) is 18.2 Å². The van der Waals surface area contributed by atoms with Crippen LogP contribution in [0.2, 0.25) is 0 Å². The highest BCUT2D eigenvalue weighted by Crippen LogP contribution is 2.32. The maximum absolute atomic E-state index is 5.71. The van der Waals surface area contributed by atoms with Gasteiger partial charge < -0.3 is 18.6 Å². The van der Waals surface area contributed by atoms with Gasteiger partial charge in [-0.05, 0) is 24.3 Å². The zero-order chi connectivity index (χ0) is 18.8. The van der Waals surface area contributed by atoms with Crippen LogP contribution >= 0.6 is 11.3 Å². The molecule has 2 aromatic heterocycles. The minimum absolute atomic E-state index is 0.248. The molecule has 0 fully saturated rings. The summed E-state index contributed by atoms with van der Waals surface area (Å²) in [6.07, 6.45) is 0. The van der Waals surface area contributed by atoms with Gasteiger partial charge >= 0.3 is 6.01 Å². The summed E-state index contributed by atoms with van der Waals surface area (Å²) in [5, 5.41) is 11.8. The van der Waals surface area contributed by atoms with Gasteiger partial charge in [0.25, 0.3) is 0 Å². The standard InChI is InChI=1S/C18H16N4O4S/c1-23-11-4-5-15-14(9-11)19-18(27-15)20-17-22-21-16(26-17)10-6-12(24-2)8-13(7-10)25-3/h4-9H,1-3H3,(H,19,20,22). The van der Waals surface area contributed by atoms with Crippen molar-refractivity contribution in [2.24, 2.45) is 0 Å². The van der Waals surface area contributed by atoms with Gasteiger partial charge in [0.2, 0.25) is 5.89 Å². The van der Waals surface area contributed by atoms with Crippen LogP contribution < -0.4 is 19.5 Å². The molecule has 27 heavy (non-hydrogen) atoms. The van der Waals surface area contributed by atoms with Crippen LogP contribution in [0, 0.1) is 0 Å². The Morgan fingerprint density at radius 3 is 2.33 bits per heavy atom. The van der Waals surface area contributed by atoms with E-state index in [9.17, 15) is 0 Å². The fourth-order valence-electron chi connectivity index (χ4n) is 2.50. The Balaban J connectivity index is 1.60. The maximum Gasteiger partial charge on any atom is 0.322 e. The second kappa shape index (κ2) is 7.12. The monoisotopic (exact) mass is 384 g/mol. The van der Waals surface area contributed by atoms with Crippen LogP contribution in [0.4, 0.5) is 11.1 Å². The number of hydrogen-bond donors (Lipinski definition) is 1. The van der Waals surface area contributed by atoms with Gasteiger partial charge in [-0.2, -0.15) is 0 Å². The summed E-state index contributed by atoms with van der Waals surface area (Å²) in [7, 11) is 4.79. The highest BCUT2D eigenvalue weighted by molar-refractivity contribution is 7.22. The lowest BCUT2D eigenvalue weighted by atomic mass is 10.2. The van der Waals surface area contributed by atoms with Gasteiger partial charge in [-0.15, -0.1) is 5.10 Å². The number of hydrogen-bond acceptors (Lipinski definition) is 9. The first-order valence-electron chi connectivity index (χ1n) is 7.97. The van der Waals surface area contributed by atoms with Crippen molar-refractivity contribution in [2.75, 3.05) is 26.6 Å². The van der Waals surface area contributed by atoms with Crippen LogP contribution in [0.25, 0.3) is 21.7 Å². The summed E-state index contributed by atoms with van der Waals surface area (Å²) in [6, 6.07) is 11.3. The number of nitrogens with zero attached hydrogens (tertiary/aromatic N) is 3. The first kappa shape index (κ1) is 17.1. The molecule has 0 atom stereocenters. The smallest absolute Gasteiger partial charge is 0.322 e. The molecule has 0 saturated carbocycles. The minimum Gasteiger partial charge on any atom is -0.497 e. The number of methoxy groups -OCH3 is 3. The molecule has 0 amide bonds. The number of thiazole rings is 1. The molecule has 4 aromatic rings. The Morgan fingerprint density at radius 1 is 0.889 bits per heavy atom. The Morgan fingerprint density at radius 2 is 1.63 bits per heavy atom. The molecule has 0 aliphatic carbocycles. The van der Waals surface area contributed by atoms with Crippen molar-refractivity contribution >= 4 is 32.7 Å². The summed E-state index contributed by atoms with van der Waals surface area (Å²) in [6.45, 7) is 0.